The van der Waals surface area contributed by atoms with Gasteiger partial charge in [-0.3, -0.25) is 10.1 Å². The smallest absolute Gasteiger partial charge is 0.00366 e. The maximum atomic E-state index is 8.12. The van der Waals surface area contributed by atoms with Crippen LogP contribution in [0.15, 0.2) is 0 Å². The van der Waals surface area contributed by atoms with Crippen LogP contribution < -0.4 is 5.34 Å². The van der Waals surface area contributed by atoms with E-state index in [-0.39, 0.29) is 27.1 Å². The molecule has 0 amide bonds. The van der Waals surface area contributed by atoms with Crippen LogP contribution in [-0.4, -0.2) is 0 Å². The third-order valence-electron chi connectivity index (χ3n) is 0. The van der Waals surface area contributed by atoms with E-state index in [0.717, 1.165) is 0 Å². The van der Waals surface area contributed by atoms with Crippen molar-refractivity contribution in [3.8, 4) is 0 Å². The molecule has 0 radical (unpaired) electrons. The summed E-state index contributed by atoms with van der Waals surface area (Å²) in [5.74, 6) is 0. The van der Waals surface area contributed by atoms with Gasteiger partial charge in [0.2, 0.25) is 0 Å². The van der Waals surface area contributed by atoms with Crippen LogP contribution in [-0.2, 0) is 21.7 Å². The Bertz CT molecular complexity index is 13.5. The van der Waals surface area contributed by atoms with Gasteiger partial charge in [-0.15, -0.1) is 0 Å². The Labute approximate surface area is 37.8 Å². The first-order valence-electron chi connectivity index (χ1n) is 0.408. The van der Waals surface area contributed by atoms with Crippen molar-refractivity contribution in [2.45, 2.75) is 0 Å². The number of rotatable bonds is 0. The Kier molecular flexibility index (Phi) is 25.0. The molecule has 0 unspecified atom stereocenters. The van der Waals surface area contributed by atoms with Crippen LogP contribution in [0.3, 0.4) is 0 Å². The Morgan fingerprint density at radius 3 is 1.75 bits per heavy atom. The molecule has 0 bridgehead atoms. The minimum Gasteiger partial charge on any atom is -0.267 e. The summed E-state index contributed by atoms with van der Waals surface area (Å²) in [6.07, 6.45) is 0. The Balaban J connectivity index is 0. The van der Waals surface area contributed by atoms with E-state index in [2.05, 4.69) is 0 Å². The summed E-state index contributed by atoms with van der Waals surface area (Å²) < 4.78 is 0. The van der Waals surface area contributed by atoms with Crippen LogP contribution >= 0.6 is 0 Å². The first-order valence-corrected chi connectivity index (χ1v) is 0.408. The van der Waals surface area contributed by atoms with Crippen molar-refractivity contribution in [1.29, 1.82) is 0 Å². The molecule has 0 aromatic heterocycles. The normalized spacial score (nSPS) is 3.00. The van der Waals surface area contributed by atoms with E-state index in [9.17, 15) is 0 Å². The average molecular weight is 94.9 g/mol. The summed E-state index contributed by atoms with van der Waals surface area (Å²) in [5, 5.41) is 8.38. The predicted molar refractivity (Wildman–Crippen MR) is 7.70 cm³/mol. The first kappa shape index (κ1) is 8.93. The van der Waals surface area contributed by atoms with Crippen molar-refractivity contribution in [3.63, 3.8) is 0 Å². The monoisotopic (exact) mass is 94.9 g/mol. The molecule has 0 heterocycles. The van der Waals surface area contributed by atoms with Crippen molar-refractivity contribution in [2.24, 2.45) is 0 Å². The van der Waals surface area contributed by atoms with Crippen LogP contribution in [0.4, 0.5) is 0 Å². The summed E-state index contributed by atoms with van der Waals surface area (Å²) in [7, 11) is 0. The molecule has 0 aliphatic carbocycles. The summed E-state index contributed by atoms with van der Waals surface area (Å²) in [6.45, 7) is 0. The molecule has 22 valence electrons. The predicted octanol–water partition coefficient (Wildman–Crippen LogP) is -1.67. The Hall–Kier alpha value is 0.114. The van der Waals surface area contributed by atoms with Crippen LogP contribution in [0, 0.1) is 10.1 Å². The molecule has 4 heteroatoms. The van der Waals surface area contributed by atoms with Gasteiger partial charge in [0, 0.05) is 27.1 Å². The molecule has 1 N–H and O–H groups in total. The zero-order valence-electron chi connectivity index (χ0n) is 1.82. The number of hydrogen-bond donors (Lipinski definition) is 1. The molecule has 0 aliphatic heterocycles. The van der Waals surface area contributed by atoms with Gasteiger partial charge in [-0.1, -0.05) is 0 Å². The van der Waals surface area contributed by atoms with E-state index in [1.54, 1.807) is 0 Å². The zero-order valence-corrected chi connectivity index (χ0v) is 3.38. The van der Waals surface area contributed by atoms with Gasteiger partial charge in [0.25, 0.3) is 0 Å². The quantitative estimate of drug-likeness (QED) is 0.222. The first-order chi connectivity index (χ1) is 1.41. The molecule has 4 heavy (non-hydrogen) atoms. The van der Waals surface area contributed by atoms with Gasteiger partial charge < -0.3 is 0 Å². The van der Waals surface area contributed by atoms with E-state index in [0.29, 0.717) is 0 Å². The summed E-state index contributed by atoms with van der Waals surface area (Å²) in [4.78, 5) is 8.12. The van der Waals surface area contributed by atoms with Gasteiger partial charge >= 0.3 is 0 Å². The maximum Gasteiger partial charge on any atom is 0.00366 e. The fourth-order valence-electron chi connectivity index (χ4n) is 0. The Morgan fingerprint density at radius 2 is 1.75 bits per heavy atom. The minimum absolute atomic E-state index is 0. The van der Waals surface area contributed by atoms with Crippen LogP contribution in [0.25, 0.3) is 0 Å². The van der Waals surface area contributed by atoms with Gasteiger partial charge in [-0.25, -0.2) is 0 Å². The standard InChI is InChI=1S/HNO2.Ti/c2-1-3;/h1H;. The molecule has 3 nitrogen and oxygen atoms in total. The van der Waals surface area contributed by atoms with Gasteiger partial charge in [-0.05, 0) is 0 Å². The van der Waals surface area contributed by atoms with E-state index in [4.69, 9.17) is 10.1 Å². The summed E-state index contributed by atoms with van der Waals surface area (Å²) >= 11 is 0. The molecule has 0 saturated carbocycles. The van der Waals surface area contributed by atoms with Gasteiger partial charge in [0.15, 0.2) is 0 Å². The zero-order chi connectivity index (χ0) is 2.71. The second-order valence-corrected chi connectivity index (χ2v) is 0.0833. The minimum atomic E-state index is 0. The largest absolute Gasteiger partial charge is 0.267 e. The van der Waals surface area contributed by atoms with Gasteiger partial charge in [0.05, 0.1) is 0 Å². The molecule has 0 spiro atoms. The molecule has 0 rings (SSSR count). The van der Waals surface area contributed by atoms with Crippen LogP contribution in [0.5, 0.6) is 0 Å². The summed E-state index contributed by atoms with van der Waals surface area (Å²) in [5.41, 5.74) is 0. The van der Waals surface area contributed by atoms with E-state index >= 15 is 0 Å². The fourth-order valence-corrected chi connectivity index (χ4v) is 0. The van der Waals surface area contributed by atoms with E-state index in [1.807, 2.05) is 0 Å². The van der Waals surface area contributed by atoms with Crippen molar-refractivity contribution < 1.29 is 27.1 Å². The molecule has 0 aromatic carbocycles. The fraction of sp³-hybridized carbons (Fsp3) is 0. The maximum absolute atomic E-state index is 8.12. The molecule has 0 aliphatic rings. The number of hydrogen-bond acceptors (Lipinski definition) is 2. The average Bonchev–Trinajstić information content (AvgIpc) is 0.918. The van der Waals surface area contributed by atoms with Crippen molar-refractivity contribution in [2.75, 3.05) is 0 Å². The van der Waals surface area contributed by atoms with Crippen molar-refractivity contribution in [1.82, 2.24) is 0 Å². The van der Waals surface area contributed by atoms with E-state index in [1.165, 1.54) is 0 Å². The van der Waals surface area contributed by atoms with E-state index < -0.39 is 0 Å². The Morgan fingerprint density at radius 1 is 1.75 bits per heavy atom. The third kappa shape index (κ3) is 201. The molecular formula is HNO2Ti. The van der Waals surface area contributed by atoms with Gasteiger partial charge in [0.1, 0.15) is 0 Å². The van der Waals surface area contributed by atoms with Crippen molar-refractivity contribution >= 4 is 0 Å². The van der Waals surface area contributed by atoms with Crippen molar-refractivity contribution in [3.05, 3.63) is 10.1 Å². The molecule has 0 fully saturated rings. The topological polar surface area (TPSA) is 54.1 Å². The molecule has 0 saturated heterocycles. The van der Waals surface area contributed by atoms with Gasteiger partial charge in [-0.2, -0.15) is 0 Å². The number of nitrogens with one attached hydrogen (secondary N) is 1. The van der Waals surface area contributed by atoms with Crippen LogP contribution in [0.1, 0.15) is 0 Å². The molecular weight excluding hydrogens is 93.9 g/mol. The van der Waals surface area contributed by atoms with Crippen LogP contribution in [0.2, 0.25) is 0 Å². The third-order valence-corrected chi connectivity index (χ3v) is 0. The SMILES string of the molecule is O=[NH+][O-].[Ti]. The molecule has 0 atom stereocenters. The molecule has 0 aromatic rings. The second kappa shape index (κ2) is 11.2. The second-order valence-electron chi connectivity index (χ2n) is 0.0833. The summed E-state index contributed by atoms with van der Waals surface area (Å²) in [6, 6.07) is 0.